The van der Waals surface area contributed by atoms with Gasteiger partial charge in [-0.2, -0.15) is 0 Å². The fraction of sp³-hybridized carbons (Fsp3) is 0.842. The SMILES string of the molecule is CCNC(=O)OC1CC[C@]2(CO2)C([C@@]2(C)O[C@@H]2CC=C(C)C)C1OC. The molecule has 0 bridgehead atoms. The molecule has 1 saturated carbocycles. The van der Waals surface area contributed by atoms with Crippen molar-refractivity contribution < 1.29 is 23.7 Å². The van der Waals surface area contributed by atoms with Crippen LogP contribution in [0.1, 0.15) is 47.0 Å². The van der Waals surface area contributed by atoms with Crippen molar-refractivity contribution in [1.29, 1.82) is 0 Å². The molecule has 1 spiro atoms. The summed E-state index contributed by atoms with van der Waals surface area (Å²) in [6.45, 7) is 9.49. The number of ether oxygens (including phenoxy) is 4. The first-order chi connectivity index (χ1) is 11.9. The number of epoxide rings is 2. The number of methoxy groups -OCH3 is 1. The summed E-state index contributed by atoms with van der Waals surface area (Å²) in [7, 11) is 1.68. The second-order valence-electron chi connectivity index (χ2n) is 7.85. The number of allylic oxidation sites excluding steroid dienone is 1. The molecule has 25 heavy (non-hydrogen) atoms. The Balaban J connectivity index is 1.75. The zero-order valence-electron chi connectivity index (χ0n) is 16.0. The van der Waals surface area contributed by atoms with Crippen LogP contribution in [0.5, 0.6) is 0 Å². The van der Waals surface area contributed by atoms with Gasteiger partial charge in [-0.1, -0.05) is 11.6 Å². The third-order valence-corrected chi connectivity index (χ3v) is 5.82. The van der Waals surface area contributed by atoms with Crippen molar-refractivity contribution in [2.45, 2.75) is 76.5 Å². The van der Waals surface area contributed by atoms with Gasteiger partial charge in [-0.05, 0) is 47.0 Å². The van der Waals surface area contributed by atoms with Gasteiger partial charge in [0.15, 0.2) is 0 Å². The Bertz CT molecular complexity index is 540. The fourth-order valence-corrected chi connectivity index (χ4v) is 4.39. The molecule has 2 heterocycles. The van der Waals surface area contributed by atoms with Gasteiger partial charge in [-0.15, -0.1) is 0 Å². The van der Waals surface area contributed by atoms with Crippen LogP contribution in [0.3, 0.4) is 0 Å². The summed E-state index contributed by atoms with van der Waals surface area (Å²) in [5.74, 6) is 0.0636. The molecule has 6 nitrogen and oxygen atoms in total. The molecule has 142 valence electrons. The Kier molecular flexibility index (Phi) is 5.15. The molecule has 3 unspecified atom stereocenters. The molecule has 2 aliphatic heterocycles. The topological polar surface area (TPSA) is 72.6 Å². The molecule has 0 radical (unpaired) electrons. The second kappa shape index (κ2) is 6.89. The van der Waals surface area contributed by atoms with Crippen molar-refractivity contribution in [3.63, 3.8) is 0 Å². The van der Waals surface area contributed by atoms with Crippen molar-refractivity contribution >= 4 is 6.09 Å². The lowest BCUT2D eigenvalue weighted by molar-refractivity contribution is -0.118. The number of carbonyl (C=O) groups excluding carboxylic acids is 1. The summed E-state index contributed by atoms with van der Waals surface area (Å²) >= 11 is 0. The van der Waals surface area contributed by atoms with E-state index < -0.39 is 0 Å². The van der Waals surface area contributed by atoms with Gasteiger partial charge in [-0.25, -0.2) is 4.79 Å². The summed E-state index contributed by atoms with van der Waals surface area (Å²) in [6.07, 6.45) is 4.00. The Morgan fingerprint density at radius 1 is 1.40 bits per heavy atom. The van der Waals surface area contributed by atoms with Gasteiger partial charge < -0.3 is 24.3 Å². The Hall–Kier alpha value is -1.11. The van der Waals surface area contributed by atoms with Gasteiger partial charge in [0.05, 0.1) is 18.6 Å². The van der Waals surface area contributed by atoms with E-state index in [-0.39, 0.29) is 41.5 Å². The molecule has 6 heteroatoms. The van der Waals surface area contributed by atoms with Crippen LogP contribution in [-0.2, 0) is 18.9 Å². The van der Waals surface area contributed by atoms with Crippen molar-refractivity contribution in [3.8, 4) is 0 Å². The third-order valence-electron chi connectivity index (χ3n) is 5.82. The van der Waals surface area contributed by atoms with E-state index in [1.54, 1.807) is 7.11 Å². The van der Waals surface area contributed by atoms with Crippen molar-refractivity contribution in [3.05, 3.63) is 11.6 Å². The fourth-order valence-electron chi connectivity index (χ4n) is 4.39. The minimum absolute atomic E-state index is 0.0636. The lowest BCUT2D eigenvalue weighted by Crippen LogP contribution is -2.56. The largest absolute Gasteiger partial charge is 0.443 e. The highest BCUT2D eigenvalue weighted by Gasteiger charge is 2.72. The molecule has 0 aromatic rings. The van der Waals surface area contributed by atoms with Crippen LogP contribution in [0, 0.1) is 5.92 Å². The summed E-state index contributed by atoms with van der Waals surface area (Å²) in [5, 5.41) is 2.70. The van der Waals surface area contributed by atoms with Gasteiger partial charge >= 0.3 is 6.09 Å². The Labute approximate surface area is 150 Å². The molecule has 6 atom stereocenters. The van der Waals surface area contributed by atoms with Crippen LogP contribution >= 0.6 is 0 Å². The minimum atomic E-state index is -0.385. The average molecular weight is 353 g/mol. The molecule has 3 aliphatic rings. The lowest BCUT2D eigenvalue weighted by atomic mass is 9.68. The Morgan fingerprint density at radius 3 is 2.68 bits per heavy atom. The summed E-state index contributed by atoms with van der Waals surface area (Å²) in [4.78, 5) is 11.9. The van der Waals surface area contributed by atoms with E-state index >= 15 is 0 Å². The highest BCUT2D eigenvalue weighted by molar-refractivity contribution is 5.67. The average Bonchev–Trinajstić information content (AvgIpc) is 3.45. The number of nitrogens with one attached hydrogen (secondary N) is 1. The summed E-state index contributed by atoms with van der Waals surface area (Å²) in [6, 6.07) is 0. The molecule has 3 fully saturated rings. The molecule has 1 amide bonds. The van der Waals surface area contributed by atoms with E-state index in [0.717, 1.165) is 25.9 Å². The number of hydrogen-bond donors (Lipinski definition) is 1. The number of rotatable bonds is 6. The quantitative estimate of drug-likeness (QED) is 0.587. The first kappa shape index (κ1) is 18.7. The molecule has 3 rings (SSSR count). The molecule has 2 saturated heterocycles. The number of carbonyl (C=O) groups is 1. The zero-order valence-corrected chi connectivity index (χ0v) is 16.0. The highest BCUT2D eigenvalue weighted by atomic mass is 16.6. The number of hydrogen-bond acceptors (Lipinski definition) is 5. The van der Waals surface area contributed by atoms with Gasteiger partial charge in [0.25, 0.3) is 0 Å². The van der Waals surface area contributed by atoms with Crippen LogP contribution in [0.15, 0.2) is 11.6 Å². The zero-order chi connectivity index (χ0) is 18.2. The van der Waals surface area contributed by atoms with Crippen LogP contribution in [0.2, 0.25) is 0 Å². The first-order valence-corrected chi connectivity index (χ1v) is 9.28. The van der Waals surface area contributed by atoms with Crippen molar-refractivity contribution in [2.24, 2.45) is 5.92 Å². The predicted molar refractivity (Wildman–Crippen MR) is 93.5 cm³/mol. The maximum absolute atomic E-state index is 11.9. The van der Waals surface area contributed by atoms with Crippen molar-refractivity contribution in [1.82, 2.24) is 5.32 Å². The van der Waals surface area contributed by atoms with Crippen LogP contribution in [-0.4, -0.2) is 55.9 Å². The van der Waals surface area contributed by atoms with E-state index in [2.05, 4.69) is 32.2 Å². The van der Waals surface area contributed by atoms with Crippen LogP contribution in [0.25, 0.3) is 0 Å². The van der Waals surface area contributed by atoms with Gasteiger partial charge in [0, 0.05) is 13.7 Å². The van der Waals surface area contributed by atoms with E-state index in [0.29, 0.717) is 6.54 Å². The molecular weight excluding hydrogens is 322 g/mol. The van der Waals surface area contributed by atoms with E-state index in [4.69, 9.17) is 18.9 Å². The standard InChI is InChI=1S/C19H31NO5/c1-6-20-17(21)24-13-9-10-19(11-23-19)16(15(13)22-5)18(4)14(25-18)8-7-12(2)3/h7,13-16H,6,8-11H2,1-5H3,(H,20,21)/t13?,14-,15?,16?,18+,19+/m1/s1. The first-order valence-electron chi connectivity index (χ1n) is 9.28. The van der Waals surface area contributed by atoms with Gasteiger partial charge in [0.1, 0.15) is 23.4 Å². The molecule has 1 aliphatic carbocycles. The predicted octanol–water partition coefficient (Wildman–Crippen LogP) is 2.81. The molecular formula is C19H31NO5. The highest BCUT2D eigenvalue weighted by Crippen LogP contribution is 2.59. The third kappa shape index (κ3) is 3.57. The maximum atomic E-state index is 11.9. The summed E-state index contributed by atoms with van der Waals surface area (Å²) < 4.78 is 23.5. The maximum Gasteiger partial charge on any atom is 0.407 e. The van der Waals surface area contributed by atoms with Gasteiger partial charge in [0.2, 0.25) is 0 Å². The second-order valence-corrected chi connectivity index (χ2v) is 7.85. The lowest BCUT2D eigenvalue weighted by Gasteiger charge is -2.42. The van der Waals surface area contributed by atoms with E-state index in [1.807, 2.05) is 6.92 Å². The van der Waals surface area contributed by atoms with E-state index in [1.165, 1.54) is 5.57 Å². The molecule has 1 N–H and O–H groups in total. The smallest absolute Gasteiger partial charge is 0.407 e. The Morgan fingerprint density at radius 2 is 2.12 bits per heavy atom. The van der Waals surface area contributed by atoms with Crippen molar-refractivity contribution in [2.75, 3.05) is 20.3 Å². The molecule has 0 aromatic heterocycles. The minimum Gasteiger partial charge on any atom is -0.443 e. The van der Waals surface area contributed by atoms with Gasteiger partial charge in [-0.3, -0.25) is 0 Å². The monoisotopic (exact) mass is 353 g/mol. The van der Waals surface area contributed by atoms with E-state index in [9.17, 15) is 4.79 Å². The summed E-state index contributed by atoms with van der Waals surface area (Å²) in [5.41, 5.74) is 0.808. The number of alkyl carbamates (subject to hydrolysis) is 1. The van der Waals surface area contributed by atoms with Crippen LogP contribution in [0.4, 0.5) is 4.79 Å². The molecule has 0 aromatic carbocycles. The van der Waals surface area contributed by atoms with Crippen LogP contribution < -0.4 is 5.32 Å². The number of amides is 1. The normalized spacial score (nSPS) is 42.0.